The third kappa shape index (κ3) is 5.69. The average molecular weight is 465 g/mol. The number of benzene rings is 1. The summed E-state index contributed by atoms with van der Waals surface area (Å²) >= 11 is 0. The van der Waals surface area contributed by atoms with Crippen LogP contribution in [0.5, 0.6) is 5.75 Å². The zero-order valence-electron chi connectivity index (χ0n) is 20.2. The van der Waals surface area contributed by atoms with Crippen LogP contribution in [0.4, 0.5) is 0 Å². The van der Waals surface area contributed by atoms with E-state index in [4.69, 9.17) is 33.2 Å². The second kappa shape index (κ2) is 10.3. The molecule has 33 heavy (non-hydrogen) atoms. The zero-order chi connectivity index (χ0) is 23.6. The quantitative estimate of drug-likeness (QED) is 0.594. The molecule has 8 nitrogen and oxygen atoms in total. The third-order valence-corrected chi connectivity index (χ3v) is 6.81. The largest absolute Gasteiger partial charge is 0.497 e. The van der Waals surface area contributed by atoms with E-state index in [1.807, 2.05) is 38.1 Å². The molecule has 3 fully saturated rings. The van der Waals surface area contributed by atoms with E-state index >= 15 is 0 Å². The first-order valence-corrected chi connectivity index (χ1v) is 11.7. The number of hydrogen-bond donors (Lipinski definition) is 0. The molecule has 7 atom stereocenters. The Morgan fingerprint density at radius 3 is 2.55 bits per heavy atom. The molecule has 0 radical (unpaired) electrons. The summed E-state index contributed by atoms with van der Waals surface area (Å²) in [6.07, 6.45) is 0.329. The van der Waals surface area contributed by atoms with Gasteiger partial charge in [-0.3, -0.25) is 4.79 Å². The lowest BCUT2D eigenvalue weighted by atomic mass is 9.81. The van der Waals surface area contributed by atoms with Gasteiger partial charge in [-0.25, -0.2) is 0 Å². The molecule has 4 unspecified atom stereocenters. The number of hydrogen-bond acceptors (Lipinski definition) is 8. The van der Waals surface area contributed by atoms with Gasteiger partial charge in [0.25, 0.3) is 0 Å². The van der Waals surface area contributed by atoms with Crippen LogP contribution < -0.4 is 4.74 Å². The molecule has 0 amide bonds. The topological polar surface area (TPSA) is 81.7 Å². The summed E-state index contributed by atoms with van der Waals surface area (Å²) in [5, 5.41) is 0. The summed E-state index contributed by atoms with van der Waals surface area (Å²) in [6.45, 7) is 6.95. The van der Waals surface area contributed by atoms with Crippen molar-refractivity contribution >= 4 is 5.97 Å². The Morgan fingerprint density at radius 1 is 1.09 bits per heavy atom. The summed E-state index contributed by atoms with van der Waals surface area (Å²) in [5.74, 6) is -0.165. The second-order valence-corrected chi connectivity index (χ2v) is 9.54. The smallest absolute Gasteiger partial charge is 0.308 e. The summed E-state index contributed by atoms with van der Waals surface area (Å²) in [6, 6.07) is 7.75. The molecule has 0 aliphatic carbocycles. The molecule has 0 N–H and O–H groups in total. The predicted octanol–water partition coefficient (Wildman–Crippen LogP) is 3.25. The number of rotatable bonds is 6. The minimum absolute atomic E-state index is 0.0230. The van der Waals surface area contributed by atoms with Crippen molar-refractivity contribution in [2.45, 2.75) is 89.1 Å². The first kappa shape index (κ1) is 24.4. The second-order valence-electron chi connectivity index (χ2n) is 9.54. The standard InChI is InChI=1S/C25H36O8/c1-15-23(29-14-16-6-8-17(27-4)9-7-16)21(13-22(26)28-5)31-20-12-19-18(32-24(15)20)10-11-30-25(2,3)33-19/h6-9,15,18-21,23-24H,10-14H2,1-5H3/t15-,18-,19?,20?,21+,23?,24?/m1/s1. The summed E-state index contributed by atoms with van der Waals surface area (Å²) in [7, 11) is 3.03. The summed E-state index contributed by atoms with van der Waals surface area (Å²) < 4.78 is 41.5. The molecule has 1 aromatic carbocycles. The molecule has 1 aromatic rings. The van der Waals surface area contributed by atoms with Crippen molar-refractivity contribution in [2.24, 2.45) is 5.92 Å². The highest BCUT2D eigenvalue weighted by Crippen LogP contribution is 2.41. The number of methoxy groups -OCH3 is 2. The number of esters is 1. The lowest BCUT2D eigenvalue weighted by molar-refractivity contribution is -0.297. The number of carbonyl (C=O) groups is 1. The third-order valence-electron chi connectivity index (χ3n) is 6.81. The number of fused-ring (bicyclic) bond motifs is 2. The Bertz CT molecular complexity index is 794. The molecule has 3 heterocycles. The van der Waals surface area contributed by atoms with Crippen molar-refractivity contribution in [3.63, 3.8) is 0 Å². The molecule has 0 saturated carbocycles. The van der Waals surface area contributed by atoms with Crippen LogP contribution in [0.15, 0.2) is 24.3 Å². The Morgan fingerprint density at radius 2 is 1.85 bits per heavy atom. The van der Waals surface area contributed by atoms with Crippen molar-refractivity contribution in [3.8, 4) is 5.75 Å². The van der Waals surface area contributed by atoms with Gasteiger partial charge in [-0.2, -0.15) is 0 Å². The van der Waals surface area contributed by atoms with E-state index in [0.717, 1.165) is 17.7 Å². The van der Waals surface area contributed by atoms with E-state index in [2.05, 4.69) is 6.92 Å². The van der Waals surface area contributed by atoms with Gasteiger partial charge in [-0.1, -0.05) is 19.1 Å². The zero-order valence-corrected chi connectivity index (χ0v) is 20.2. The first-order chi connectivity index (χ1) is 15.8. The van der Waals surface area contributed by atoms with Crippen molar-refractivity contribution in [1.29, 1.82) is 0 Å². The van der Waals surface area contributed by atoms with Crippen molar-refractivity contribution in [3.05, 3.63) is 29.8 Å². The Balaban J connectivity index is 1.49. The van der Waals surface area contributed by atoms with Gasteiger partial charge in [0.1, 0.15) is 5.75 Å². The monoisotopic (exact) mass is 464 g/mol. The number of carbonyl (C=O) groups excluding carboxylic acids is 1. The molecule has 3 aliphatic heterocycles. The van der Waals surface area contributed by atoms with Crippen LogP contribution in [0, 0.1) is 5.92 Å². The van der Waals surface area contributed by atoms with Gasteiger partial charge in [0, 0.05) is 12.3 Å². The van der Waals surface area contributed by atoms with Crippen molar-refractivity contribution < 1.29 is 38.0 Å². The van der Waals surface area contributed by atoms with Gasteiger partial charge >= 0.3 is 5.97 Å². The molecular weight excluding hydrogens is 428 g/mol. The van der Waals surface area contributed by atoms with Crippen LogP contribution >= 0.6 is 0 Å². The molecule has 0 bridgehead atoms. The van der Waals surface area contributed by atoms with Gasteiger partial charge in [-0.05, 0) is 38.0 Å². The molecule has 0 aromatic heterocycles. The maximum absolute atomic E-state index is 12.2. The SMILES string of the molecule is COC(=O)C[C@@H]1OC2CC3OC(C)(C)OCC[C@H]3OC2[C@H](C)C1OCc1ccc(OC)cc1. The van der Waals surface area contributed by atoms with E-state index < -0.39 is 11.9 Å². The van der Waals surface area contributed by atoms with Crippen LogP contribution in [0.25, 0.3) is 0 Å². The maximum Gasteiger partial charge on any atom is 0.308 e. The van der Waals surface area contributed by atoms with Crippen LogP contribution in [-0.2, 0) is 39.8 Å². The predicted molar refractivity (Wildman–Crippen MR) is 119 cm³/mol. The normalized spacial score (nSPS) is 35.6. The lowest BCUT2D eigenvalue weighted by Gasteiger charge is -2.51. The molecule has 3 aliphatic rings. The van der Waals surface area contributed by atoms with Crippen LogP contribution in [0.2, 0.25) is 0 Å². The summed E-state index contributed by atoms with van der Waals surface area (Å²) in [5.41, 5.74) is 1.02. The van der Waals surface area contributed by atoms with E-state index in [9.17, 15) is 4.79 Å². The van der Waals surface area contributed by atoms with E-state index in [1.54, 1.807) is 7.11 Å². The molecule has 0 spiro atoms. The van der Waals surface area contributed by atoms with E-state index in [0.29, 0.717) is 19.6 Å². The maximum atomic E-state index is 12.2. The van der Waals surface area contributed by atoms with Crippen molar-refractivity contribution in [2.75, 3.05) is 20.8 Å². The van der Waals surface area contributed by atoms with Gasteiger partial charge in [-0.15, -0.1) is 0 Å². The van der Waals surface area contributed by atoms with Crippen LogP contribution in [0.3, 0.4) is 0 Å². The minimum Gasteiger partial charge on any atom is -0.497 e. The highest BCUT2D eigenvalue weighted by atomic mass is 16.7. The fourth-order valence-corrected chi connectivity index (χ4v) is 5.10. The fraction of sp³-hybridized carbons (Fsp3) is 0.720. The van der Waals surface area contributed by atoms with Crippen molar-refractivity contribution in [1.82, 2.24) is 0 Å². The molecule has 3 saturated heterocycles. The molecule has 8 heteroatoms. The lowest BCUT2D eigenvalue weighted by Crippen LogP contribution is -2.61. The van der Waals surface area contributed by atoms with Gasteiger partial charge in [0.05, 0.1) is 70.5 Å². The highest BCUT2D eigenvalue weighted by molar-refractivity contribution is 5.69. The Labute approximate surface area is 195 Å². The Kier molecular flexibility index (Phi) is 7.60. The van der Waals surface area contributed by atoms with Crippen LogP contribution in [0.1, 0.15) is 45.6 Å². The number of ether oxygens (including phenoxy) is 7. The van der Waals surface area contributed by atoms with E-state index in [1.165, 1.54) is 7.11 Å². The van der Waals surface area contributed by atoms with Gasteiger partial charge in [0.2, 0.25) is 0 Å². The Hall–Kier alpha value is -1.71. The molecule has 184 valence electrons. The highest BCUT2D eigenvalue weighted by Gasteiger charge is 2.52. The van der Waals surface area contributed by atoms with Gasteiger partial charge < -0.3 is 33.2 Å². The first-order valence-electron chi connectivity index (χ1n) is 11.7. The van der Waals surface area contributed by atoms with Gasteiger partial charge in [0.15, 0.2) is 5.79 Å². The molecular formula is C25H36O8. The molecule has 4 rings (SSSR count). The van der Waals surface area contributed by atoms with Crippen LogP contribution in [-0.4, -0.2) is 69.2 Å². The minimum atomic E-state index is -0.661. The average Bonchev–Trinajstić information content (AvgIpc) is 2.94. The summed E-state index contributed by atoms with van der Waals surface area (Å²) in [4.78, 5) is 12.2. The van der Waals surface area contributed by atoms with E-state index in [-0.39, 0.29) is 48.8 Å². The fourth-order valence-electron chi connectivity index (χ4n) is 5.10.